The molecule has 0 bridgehead atoms. The Kier molecular flexibility index (Phi) is 12.0. The topological polar surface area (TPSA) is 85.1 Å². The van der Waals surface area contributed by atoms with Crippen LogP contribution in [-0.2, 0) is 20.4 Å². The molecule has 1 aliphatic rings. The summed E-state index contributed by atoms with van der Waals surface area (Å²) in [5.41, 5.74) is 3.32. The third-order valence-corrected chi connectivity index (χ3v) is 9.22. The van der Waals surface area contributed by atoms with E-state index in [2.05, 4.69) is 74.8 Å². The molecule has 1 aliphatic heterocycles. The predicted octanol–water partition coefficient (Wildman–Crippen LogP) is 10.7. The van der Waals surface area contributed by atoms with Gasteiger partial charge in [0.2, 0.25) is 6.29 Å². The van der Waals surface area contributed by atoms with Crippen LogP contribution in [-0.4, -0.2) is 30.8 Å². The number of hydrazone groups is 1. The molecule has 8 nitrogen and oxygen atoms in total. The molecule has 11 heteroatoms. The van der Waals surface area contributed by atoms with Gasteiger partial charge in [0.15, 0.2) is 18.6 Å². The summed E-state index contributed by atoms with van der Waals surface area (Å²) >= 11 is 18.5. The van der Waals surface area contributed by atoms with Gasteiger partial charge < -0.3 is 14.2 Å². The number of amides is 1. The van der Waals surface area contributed by atoms with Gasteiger partial charge in [0.1, 0.15) is 17.2 Å². The molecular weight excluding hydrogens is 659 g/mol. The smallest absolute Gasteiger partial charge is 0.255 e. The summed E-state index contributed by atoms with van der Waals surface area (Å²) in [6.07, 6.45) is 4.68. The Morgan fingerprint density at radius 1 is 0.915 bits per heavy atom. The van der Waals surface area contributed by atoms with E-state index in [9.17, 15) is 4.79 Å². The molecule has 0 saturated carbocycles. The number of nitrogens with zero attached hydrogens (tertiary/aromatic N) is 4. The third-order valence-electron chi connectivity index (χ3n) is 8.43. The molecule has 1 atom stereocenters. The highest BCUT2D eigenvalue weighted by molar-refractivity contribution is 6.42. The molecule has 47 heavy (non-hydrogen) atoms. The quantitative estimate of drug-likeness (QED) is 0.101. The maximum Gasteiger partial charge on any atom is 0.255 e. The molecule has 250 valence electrons. The average Bonchev–Trinajstić information content (AvgIpc) is 3.39. The first-order chi connectivity index (χ1) is 22.3. The molecule has 0 radical (unpaired) electrons. The minimum atomic E-state index is -0.520. The van der Waals surface area contributed by atoms with Crippen LogP contribution in [0, 0.1) is 0 Å². The number of benzene rings is 3. The second kappa shape index (κ2) is 15.5. The molecule has 0 aliphatic carbocycles. The monoisotopic (exact) mass is 698 g/mol. The molecule has 0 spiro atoms. The second-order valence-electron chi connectivity index (χ2n) is 12.5. The summed E-state index contributed by atoms with van der Waals surface area (Å²) in [7, 11) is 0. The van der Waals surface area contributed by atoms with Crippen molar-refractivity contribution in [3.05, 3.63) is 80.8 Å². The van der Waals surface area contributed by atoms with E-state index in [4.69, 9.17) is 49.0 Å². The lowest BCUT2D eigenvalue weighted by Crippen LogP contribution is -2.24. The van der Waals surface area contributed by atoms with Crippen molar-refractivity contribution < 1.29 is 19.0 Å². The number of aliphatic imine (C=N–C) groups is 2. The van der Waals surface area contributed by atoms with Crippen LogP contribution in [0.4, 0.5) is 11.4 Å². The van der Waals surface area contributed by atoms with E-state index in [0.717, 1.165) is 23.6 Å². The van der Waals surface area contributed by atoms with Gasteiger partial charge in [-0.25, -0.2) is 9.98 Å². The van der Waals surface area contributed by atoms with E-state index in [1.807, 2.05) is 13.0 Å². The van der Waals surface area contributed by atoms with E-state index in [0.29, 0.717) is 22.9 Å². The van der Waals surface area contributed by atoms with Crippen LogP contribution in [0.3, 0.4) is 0 Å². The molecule has 3 aromatic rings. The predicted molar refractivity (Wildman–Crippen MR) is 194 cm³/mol. The fourth-order valence-corrected chi connectivity index (χ4v) is 5.65. The molecular formula is C36H41Cl3N4O4. The van der Waals surface area contributed by atoms with Crippen molar-refractivity contribution in [2.24, 2.45) is 15.1 Å². The van der Waals surface area contributed by atoms with E-state index >= 15 is 0 Å². The minimum Gasteiger partial charge on any atom is -0.455 e. The summed E-state index contributed by atoms with van der Waals surface area (Å²) in [5, 5.41) is 6.11. The first kappa shape index (κ1) is 36.2. The van der Waals surface area contributed by atoms with Gasteiger partial charge in [0, 0.05) is 23.1 Å². The standard InChI is InChI=1S/C36H41Cl3N4O4/c1-8-33(47-30-15-14-23(35(4,5)9-2)16-27(30)36(6,7)10-3)46-21-40-25-12-11-13-26(19-25)45-22-41-31-20-32(44)43(42-31)34-28(38)17-24(37)18-29(34)39/h11-19,21-22,33H,8-10,20H2,1-7H3/b40-21+,41-22+. The number of hydrogen-bond donors (Lipinski definition) is 0. The van der Waals surface area contributed by atoms with Crippen molar-refractivity contribution in [3.8, 4) is 11.5 Å². The van der Waals surface area contributed by atoms with Crippen molar-refractivity contribution in [1.29, 1.82) is 0 Å². The molecule has 0 aromatic heterocycles. The van der Waals surface area contributed by atoms with Gasteiger partial charge in [-0.1, -0.05) is 101 Å². The first-order valence-corrected chi connectivity index (χ1v) is 16.7. The molecule has 1 unspecified atom stereocenters. The molecule has 0 N–H and O–H groups in total. The van der Waals surface area contributed by atoms with Crippen molar-refractivity contribution in [1.82, 2.24) is 0 Å². The van der Waals surface area contributed by atoms with Crippen molar-refractivity contribution in [2.75, 3.05) is 5.01 Å². The van der Waals surface area contributed by atoms with Crippen molar-refractivity contribution >= 4 is 70.7 Å². The van der Waals surface area contributed by atoms with Gasteiger partial charge in [-0.05, 0) is 59.6 Å². The number of hydrogen-bond acceptors (Lipinski definition) is 7. The maximum absolute atomic E-state index is 12.6. The van der Waals surface area contributed by atoms with Crippen molar-refractivity contribution in [3.63, 3.8) is 0 Å². The highest BCUT2D eigenvalue weighted by Crippen LogP contribution is 2.40. The molecule has 4 rings (SSSR count). The Bertz CT molecular complexity index is 1660. The largest absolute Gasteiger partial charge is 0.455 e. The van der Waals surface area contributed by atoms with E-state index in [-0.39, 0.29) is 44.7 Å². The molecule has 0 fully saturated rings. The molecule has 3 aromatic carbocycles. The fourth-order valence-electron chi connectivity index (χ4n) is 4.67. The molecule has 1 heterocycles. The number of ether oxygens (including phenoxy) is 3. The zero-order valence-electron chi connectivity index (χ0n) is 27.8. The van der Waals surface area contributed by atoms with Gasteiger partial charge in [-0.15, -0.1) is 5.10 Å². The lowest BCUT2D eigenvalue weighted by molar-refractivity contribution is -0.116. The normalized spacial score (nSPS) is 14.6. The Hall–Kier alpha value is -3.59. The Morgan fingerprint density at radius 3 is 2.28 bits per heavy atom. The highest BCUT2D eigenvalue weighted by Gasteiger charge is 2.29. The fraction of sp³-hybridized carbons (Fsp3) is 0.389. The lowest BCUT2D eigenvalue weighted by Gasteiger charge is -2.31. The molecule has 0 saturated heterocycles. The summed E-state index contributed by atoms with van der Waals surface area (Å²) in [6.45, 7) is 15.4. The first-order valence-electron chi connectivity index (χ1n) is 15.6. The zero-order valence-corrected chi connectivity index (χ0v) is 30.1. The van der Waals surface area contributed by atoms with Crippen LogP contribution < -0.4 is 14.5 Å². The van der Waals surface area contributed by atoms with Gasteiger partial charge in [0.25, 0.3) is 5.91 Å². The average molecular weight is 700 g/mol. The van der Waals surface area contributed by atoms with Crippen molar-refractivity contribution in [2.45, 2.75) is 91.3 Å². The second-order valence-corrected chi connectivity index (χ2v) is 13.7. The Morgan fingerprint density at radius 2 is 1.62 bits per heavy atom. The zero-order chi connectivity index (χ0) is 34.4. The number of carbonyl (C=O) groups excluding carboxylic acids is 1. The van der Waals surface area contributed by atoms with Crippen LogP contribution in [0.5, 0.6) is 11.5 Å². The van der Waals surface area contributed by atoms with Gasteiger partial charge >= 0.3 is 0 Å². The SMILES string of the molecule is CCC(O/C=N/c1cccc(O/C=N/C2=NN(c3c(Cl)cc(Cl)cc3Cl)C(=O)C2)c1)Oc1ccc(C(C)(C)CC)cc1C(C)(C)CC. The van der Waals surface area contributed by atoms with Gasteiger partial charge in [0.05, 0.1) is 22.2 Å². The Balaban J connectivity index is 1.40. The van der Waals surface area contributed by atoms with E-state index in [1.165, 1.54) is 36.1 Å². The number of rotatable bonds is 13. The van der Waals surface area contributed by atoms with Crippen LogP contribution in [0.15, 0.2) is 69.7 Å². The van der Waals surface area contributed by atoms with Gasteiger partial charge in [-0.3, -0.25) is 4.79 Å². The van der Waals surface area contributed by atoms with Crippen LogP contribution in [0.2, 0.25) is 15.1 Å². The van der Waals surface area contributed by atoms with Gasteiger partial charge in [-0.2, -0.15) is 5.01 Å². The van der Waals surface area contributed by atoms with E-state index < -0.39 is 6.29 Å². The third kappa shape index (κ3) is 9.06. The number of halogens is 3. The number of anilines is 1. The number of carbonyl (C=O) groups is 1. The van der Waals surface area contributed by atoms with Crippen LogP contribution in [0.25, 0.3) is 0 Å². The number of amidine groups is 1. The molecule has 1 amide bonds. The Labute approximate surface area is 292 Å². The summed E-state index contributed by atoms with van der Waals surface area (Å²) in [4.78, 5) is 21.2. The van der Waals surface area contributed by atoms with E-state index in [1.54, 1.807) is 18.2 Å². The summed E-state index contributed by atoms with van der Waals surface area (Å²) in [5.74, 6) is 1.20. The van der Waals surface area contributed by atoms with Crippen LogP contribution >= 0.6 is 34.8 Å². The summed E-state index contributed by atoms with van der Waals surface area (Å²) in [6, 6.07) is 16.6. The highest BCUT2D eigenvalue weighted by atomic mass is 35.5. The van der Waals surface area contributed by atoms with Crippen LogP contribution in [0.1, 0.15) is 85.3 Å². The minimum absolute atomic E-state index is 0.0458. The maximum atomic E-state index is 12.6. The summed E-state index contributed by atoms with van der Waals surface area (Å²) < 4.78 is 18.0. The lowest BCUT2D eigenvalue weighted by atomic mass is 9.76.